The van der Waals surface area contributed by atoms with Crippen LogP contribution in [0.3, 0.4) is 0 Å². The van der Waals surface area contributed by atoms with Crippen LogP contribution in [-0.2, 0) is 5.41 Å². The smallest absolute Gasteiger partial charge is 0.0715 e. The van der Waals surface area contributed by atoms with Crippen molar-refractivity contribution in [3.05, 3.63) is 288 Å². The summed E-state index contributed by atoms with van der Waals surface area (Å²) in [6, 6.07) is 93.6. The van der Waals surface area contributed by atoms with E-state index in [1.165, 1.54) is 44.5 Å². The van der Waals surface area contributed by atoms with E-state index in [4.69, 9.17) is 0 Å². The van der Waals surface area contributed by atoms with Crippen molar-refractivity contribution >= 4 is 34.1 Å². The number of para-hydroxylation sites is 4. The summed E-state index contributed by atoms with van der Waals surface area (Å²) in [6.45, 7) is 4.46. The van der Waals surface area contributed by atoms with Crippen LogP contribution < -0.4 is 9.80 Å². The highest BCUT2D eigenvalue weighted by Crippen LogP contribution is 2.59. The summed E-state index contributed by atoms with van der Waals surface area (Å²) < 4.78 is 0. The largest absolute Gasteiger partial charge is 0.310 e. The van der Waals surface area contributed by atoms with Crippen LogP contribution in [0.4, 0.5) is 34.1 Å². The Labute approximate surface area is 383 Å². The molecule has 2 nitrogen and oxygen atoms in total. The van der Waals surface area contributed by atoms with Crippen molar-refractivity contribution in [3.8, 4) is 33.4 Å². The highest BCUT2D eigenvalue weighted by molar-refractivity contribution is 5.91. The third-order valence-electron chi connectivity index (χ3n) is 12.9. The Kier molecular flexibility index (Phi) is 10.3. The standard InChI is InChI=1S/C63H48N2/c1-45-33-35-59-60-36-34-46(2)38-62(60)63(61(59)37-45,51-39-49(47-21-9-3-10-22-47)41-57(43-51)64(53-25-13-5-14-26-53)54-27-15-6-16-28-54)52-40-50(48-23-11-4-12-24-48)42-58(44-52)65(55-29-17-7-18-30-55)56-31-19-8-20-32-56/h3-44H,1-2H3. The zero-order valence-corrected chi connectivity index (χ0v) is 36.6. The molecule has 11 rings (SSSR count). The van der Waals surface area contributed by atoms with E-state index in [0.717, 1.165) is 56.4 Å². The molecule has 310 valence electrons. The Morgan fingerprint density at radius 1 is 0.262 bits per heavy atom. The molecule has 0 saturated carbocycles. The molecule has 0 spiro atoms. The second-order valence-electron chi connectivity index (χ2n) is 17.1. The normalized spacial score (nSPS) is 12.3. The van der Waals surface area contributed by atoms with Crippen molar-refractivity contribution in [2.45, 2.75) is 19.3 Å². The molecule has 10 aromatic rings. The van der Waals surface area contributed by atoms with Crippen LogP contribution in [0.2, 0.25) is 0 Å². The maximum Gasteiger partial charge on any atom is 0.0715 e. The summed E-state index contributed by atoms with van der Waals surface area (Å²) >= 11 is 0. The molecule has 0 atom stereocenters. The van der Waals surface area contributed by atoms with Gasteiger partial charge >= 0.3 is 0 Å². The van der Waals surface area contributed by atoms with E-state index in [-0.39, 0.29) is 0 Å². The lowest BCUT2D eigenvalue weighted by Crippen LogP contribution is -2.30. The molecule has 2 heteroatoms. The van der Waals surface area contributed by atoms with Crippen molar-refractivity contribution in [3.63, 3.8) is 0 Å². The quantitative estimate of drug-likeness (QED) is 0.135. The lowest BCUT2D eigenvalue weighted by molar-refractivity contribution is 0.767. The minimum Gasteiger partial charge on any atom is -0.310 e. The van der Waals surface area contributed by atoms with Crippen LogP contribution in [0.15, 0.2) is 255 Å². The number of rotatable bonds is 10. The molecule has 1 aliphatic carbocycles. The van der Waals surface area contributed by atoms with Crippen LogP contribution in [0.5, 0.6) is 0 Å². The number of benzene rings is 10. The number of hydrogen-bond donors (Lipinski definition) is 0. The molecule has 0 saturated heterocycles. The monoisotopic (exact) mass is 832 g/mol. The summed E-state index contributed by atoms with van der Waals surface area (Å²) in [4.78, 5) is 4.82. The first kappa shape index (κ1) is 39.6. The van der Waals surface area contributed by atoms with Crippen LogP contribution in [0.25, 0.3) is 33.4 Å². The van der Waals surface area contributed by atoms with Gasteiger partial charge in [-0.3, -0.25) is 0 Å². The molecule has 0 aromatic heterocycles. The fourth-order valence-corrected chi connectivity index (χ4v) is 10.1. The Morgan fingerprint density at radius 2 is 0.569 bits per heavy atom. The van der Waals surface area contributed by atoms with Gasteiger partial charge in [0.15, 0.2) is 0 Å². The van der Waals surface area contributed by atoms with Gasteiger partial charge in [-0.2, -0.15) is 0 Å². The molecule has 1 aliphatic rings. The third-order valence-corrected chi connectivity index (χ3v) is 12.9. The van der Waals surface area contributed by atoms with Gasteiger partial charge in [0.25, 0.3) is 0 Å². The van der Waals surface area contributed by atoms with Crippen molar-refractivity contribution in [1.29, 1.82) is 0 Å². The number of aryl methyl sites for hydroxylation is 2. The highest BCUT2D eigenvalue weighted by atomic mass is 15.1. The summed E-state index contributed by atoms with van der Waals surface area (Å²) in [5.41, 5.74) is 20.4. The lowest BCUT2D eigenvalue weighted by atomic mass is 9.66. The van der Waals surface area contributed by atoms with E-state index in [1.807, 2.05) is 0 Å². The molecule has 0 N–H and O–H groups in total. The van der Waals surface area contributed by atoms with E-state index in [1.54, 1.807) is 0 Å². The summed E-state index contributed by atoms with van der Waals surface area (Å²) in [6.07, 6.45) is 0. The molecule has 0 bridgehead atoms. The number of nitrogens with zero attached hydrogens (tertiary/aromatic N) is 2. The number of anilines is 6. The minimum atomic E-state index is -0.750. The molecule has 0 aliphatic heterocycles. The Balaban J connectivity index is 1.30. The first-order valence-electron chi connectivity index (χ1n) is 22.5. The topological polar surface area (TPSA) is 6.48 Å². The van der Waals surface area contributed by atoms with Crippen LogP contribution in [0.1, 0.15) is 33.4 Å². The molecule has 0 amide bonds. The average molecular weight is 833 g/mol. The summed E-state index contributed by atoms with van der Waals surface area (Å²) in [5.74, 6) is 0. The maximum atomic E-state index is 2.47. The zero-order valence-electron chi connectivity index (χ0n) is 36.6. The van der Waals surface area contributed by atoms with Crippen molar-refractivity contribution in [2.75, 3.05) is 9.80 Å². The lowest BCUT2D eigenvalue weighted by Gasteiger charge is -2.37. The molecule has 65 heavy (non-hydrogen) atoms. The molecule has 0 heterocycles. The van der Waals surface area contributed by atoms with Gasteiger partial charge in [0.1, 0.15) is 0 Å². The minimum absolute atomic E-state index is 0.750. The van der Waals surface area contributed by atoms with E-state index in [9.17, 15) is 0 Å². The molecule has 10 aromatic carbocycles. The molecular weight excluding hydrogens is 785 g/mol. The zero-order chi connectivity index (χ0) is 43.7. The second kappa shape index (κ2) is 16.8. The predicted molar refractivity (Wildman–Crippen MR) is 273 cm³/mol. The molecule has 0 fully saturated rings. The molecule has 0 unspecified atom stereocenters. The fourth-order valence-electron chi connectivity index (χ4n) is 10.1. The van der Waals surface area contributed by atoms with Gasteiger partial charge in [-0.15, -0.1) is 0 Å². The third kappa shape index (κ3) is 7.20. The van der Waals surface area contributed by atoms with Gasteiger partial charge in [0.05, 0.1) is 5.41 Å². The predicted octanol–water partition coefficient (Wildman–Crippen LogP) is 16.9. The first-order chi connectivity index (χ1) is 32.0. The van der Waals surface area contributed by atoms with Crippen molar-refractivity contribution < 1.29 is 0 Å². The highest BCUT2D eigenvalue weighted by Gasteiger charge is 2.47. The second-order valence-corrected chi connectivity index (χ2v) is 17.1. The molecule has 0 radical (unpaired) electrons. The van der Waals surface area contributed by atoms with Crippen LogP contribution in [-0.4, -0.2) is 0 Å². The number of fused-ring (bicyclic) bond motifs is 3. The van der Waals surface area contributed by atoms with E-state index < -0.39 is 5.41 Å². The van der Waals surface area contributed by atoms with Crippen molar-refractivity contribution in [1.82, 2.24) is 0 Å². The van der Waals surface area contributed by atoms with Gasteiger partial charge in [0.2, 0.25) is 0 Å². The average Bonchev–Trinajstić information content (AvgIpc) is 3.65. The van der Waals surface area contributed by atoms with E-state index in [2.05, 4.69) is 278 Å². The van der Waals surface area contributed by atoms with Gasteiger partial charge in [-0.1, -0.05) is 181 Å². The first-order valence-corrected chi connectivity index (χ1v) is 22.5. The van der Waals surface area contributed by atoms with Crippen molar-refractivity contribution in [2.24, 2.45) is 0 Å². The number of hydrogen-bond acceptors (Lipinski definition) is 2. The van der Waals surface area contributed by atoms with Gasteiger partial charge < -0.3 is 9.80 Å². The Morgan fingerprint density at radius 3 is 0.892 bits per heavy atom. The van der Waals surface area contributed by atoms with E-state index >= 15 is 0 Å². The van der Waals surface area contributed by atoms with Crippen LogP contribution in [0, 0.1) is 13.8 Å². The van der Waals surface area contributed by atoms with E-state index in [0.29, 0.717) is 0 Å². The SMILES string of the molecule is Cc1ccc2c(c1)C(c1cc(-c3ccccc3)cc(N(c3ccccc3)c3ccccc3)c1)(c1cc(-c3ccccc3)cc(N(c3ccccc3)c3ccccc3)c1)c1cc(C)ccc1-2. The van der Waals surface area contributed by atoms with Crippen LogP contribution >= 0.6 is 0 Å². The van der Waals surface area contributed by atoms with Gasteiger partial charge in [-0.05, 0) is 154 Å². The Bertz CT molecular complexity index is 2950. The molecular formula is C63H48N2. The van der Waals surface area contributed by atoms with Gasteiger partial charge in [-0.25, -0.2) is 0 Å². The fraction of sp³-hybridized carbons (Fsp3) is 0.0476. The Hall–Kier alpha value is -8.20. The maximum absolute atomic E-state index is 2.47. The summed E-state index contributed by atoms with van der Waals surface area (Å²) in [5, 5.41) is 0. The van der Waals surface area contributed by atoms with Gasteiger partial charge in [0, 0.05) is 34.1 Å². The summed E-state index contributed by atoms with van der Waals surface area (Å²) in [7, 11) is 0.